The van der Waals surface area contributed by atoms with E-state index in [1.807, 2.05) is 30.3 Å². The molecule has 0 fully saturated rings. The van der Waals surface area contributed by atoms with Gasteiger partial charge in [0, 0.05) is 22.0 Å². The predicted molar refractivity (Wildman–Crippen MR) is 85.8 cm³/mol. The number of rotatable bonds is 4. The second-order valence-corrected chi connectivity index (χ2v) is 5.68. The fourth-order valence-corrected chi connectivity index (χ4v) is 2.33. The van der Waals surface area contributed by atoms with Gasteiger partial charge >= 0.3 is 0 Å². The van der Waals surface area contributed by atoms with Crippen molar-refractivity contribution in [3.05, 3.63) is 63.6 Å². The third-order valence-corrected chi connectivity index (χ3v) is 3.76. The third-order valence-electron chi connectivity index (χ3n) is 2.84. The fourth-order valence-electron chi connectivity index (χ4n) is 1.81. The summed E-state index contributed by atoms with van der Waals surface area (Å²) >= 11 is 9.27. The molecule has 0 aliphatic carbocycles. The molecule has 0 aliphatic rings. The molecule has 2 aromatic rings. The molecule has 104 valence electrons. The SMILES string of the molecule is NC(CC(=O)Nc1cc(Cl)ccc1Br)c1ccccc1. The number of halogens is 2. The molecule has 5 heteroatoms. The molecule has 0 saturated heterocycles. The summed E-state index contributed by atoms with van der Waals surface area (Å²) < 4.78 is 0.781. The highest BCUT2D eigenvalue weighted by Gasteiger charge is 2.12. The number of nitrogens with two attached hydrogens (primary N) is 1. The van der Waals surface area contributed by atoms with E-state index < -0.39 is 0 Å². The first-order valence-electron chi connectivity index (χ1n) is 6.11. The molecule has 1 amide bonds. The number of carbonyl (C=O) groups is 1. The highest BCUT2D eigenvalue weighted by Crippen LogP contribution is 2.26. The first kappa shape index (κ1) is 15.0. The van der Waals surface area contributed by atoms with Crippen LogP contribution in [0.1, 0.15) is 18.0 Å². The predicted octanol–water partition coefficient (Wildman–Crippen LogP) is 4.13. The lowest BCUT2D eigenvalue weighted by Crippen LogP contribution is -2.20. The molecule has 3 nitrogen and oxygen atoms in total. The molecule has 20 heavy (non-hydrogen) atoms. The summed E-state index contributed by atoms with van der Waals surface area (Å²) in [6, 6.07) is 14.4. The van der Waals surface area contributed by atoms with Gasteiger partial charge in [0.15, 0.2) is 0 Å². The molecule has 2 rings (SSSR count). The average molecular weight is 354 g/mol. The molecule has 0 spiro atoms. The monoisotopic (exact) mass is 352 g/mol. The lowest BCUT2D eigenvalue weighted by Gasteiger charge is -2.13. The summed E-state index contributed by atoms with van der Waals surface area (Å²) in [5.74, 6) is -0.149. The number of nitrogens with one attached hydrogen (secondary N) is 1. The zero-order chi connectivity index (χ0) is 14.5. The molecule has 0 bridgehead atoms. The highest BCUT2D eigenvalue weighted by atomic mass is 79.9. The van der Waals surface area contributed by atoms with Crippen LogP contribution in [-0.2, 0) is 4.79 Å². The van der Waals surface area contributed by atoms with Crippen LogP contribution in [0.5, 0.6) is 0 Å². The second kappa shape index (κ2) is 6.88. The van der Waals surface area contributed by atoms with Crippen LogP contribution in [0.3, 0.4) is 0 Å². The van der Waals surface area contributed by atoms with Gasteiger partial charge in [0.1, 0.15) is 0 Å². The summed E-state index contributed by atoms with van der Waals surface area (Å²) in [6.07, 6.45) is 0.211. The molecule has 0 aliphatic heterocycles. The Balaban J connectivity index is 2.01. The van der Waals surface area contributed by atoms with Crippen LogP contribution < -0.4 is 11.1 Å². The Morgan fingerprint density at radius 2 is 1.95 bits per heavy atom. The van der Waals surface area contributed by atoms with Crippen LogP contribution in [0.15, 0.2) is 53.0 Å². The van der Waals surface area contributed by atoms with Crippen molar-refractivity contribution in [2.45, 2.75) is 12.5 Å². The molecule has 0 heterocycles. The summed E-state index contributed by atoms with van der Waals surface area (Å²) in [6.45, 7) is 0. The van der Waals surface area contributed by atoms with E-state index >= 15 is 0 Å². The molecule has 0 saturated carbocycles. The zero-order valence-electron chi connectivity index (χ0n) is 10.6. The van der Waals surface area contributed by atoms with Crippen molar-refractivity contribution in [2.24, 2.45) is 5.73 Å². The second-order valence-electron chi connectivity index (χ2n) is 4.39. The smallest absolute Gasteiger partial charge is 0.226 e. The molecular formula is C15H14BrClN2O. The number of hydrogen-bond donors (Lipinski definition) is 2. The summed E-state index contributed by atoms with van der Waals surface area (Å²) in [5, 5.41) is 3.37. The lowest BCUT2D eigenvalue weighted by atomic mass is 10.0. The maximum absolute atomic E-state index is 12.0. The number of carbonyl (C=O) groups excluding carboxylic acids is 1. The largest absolute Gasteiger partial charge is 0.325 e. The van der Waals surface area contributed by atoms with Crippen LogP contribution in [0.2, 0.25) is 5.02 Å². The van der Waals surface area contributed by atoms with Crippen molar-refractivity contribution < 1.29 is 4.79 Å². The van der Waals surface area contributed by atoms with Gasteiger partial charge in [-0.1, -0.05) is 41.9 Å². The van der Waals surface area contributed by atoms with Gasteiger partial charge in [-0.3, -0.25) is 4.79 Å². The van der Waals surface area contributed by atoms with Gasteiger partial charge in [0.2, 0.25) is 5.91 Å². The van der Waals surface area contributed by atoms with E-state index in [1.165, 1.54) is 0 Å². The van der Waals surface area contributed by atoms with E-state index in [0.29, 0.717) is 10.7 Å². The van der Waals surface area contributed by atoms with Crippen LogP contribution in [-0.4, -0.2) is 5.91 Å². The number of amides is 1. The van der Waals surface area contributed by atoms with Gasteiger partial charge in [-0.05, 0) is 39.7 Å². The van der Waals surface area contributed by atoms with Crippen molar-refractivity contribution in [3.63, 3.8) is 0 Å². The van der Waals surface area contributed by atoms with Crippen LogP contribution in [0.25, 0.3) is 0 Å². The maximum Gasteiger partial charge on any atom is 0.226 e. The lowest BCUT2D eigenvalue weighted by molar-refractivity contribution is -0.116. The molecule has 1 atom stereocenters. The van der Waals surface area contributed by atoms with Gasteiger partial charge in [-0.25, -0.2) is 0 Å². The van der Waals surface area contributed by atoms with E-state index in [0.717, 1.165) is 10.0 Å². The zero-order valence-corrected chi connectivity index (χ0v) is 13.0. The van der Waals surface area contributed by atoms with Crippen molar-refractivity contribution in [1.29, 1.82) is 0 Å². The van der Waals surface area contributed by atoms with Crippen molar-refractivity contribution in [1.82, 2.24) is 0 Å². The number of hydrogen-bond acceptors (Lipinski definition) is 2. The minimum absolute atomic E-state index is 0.149. The topological polar surface area (TPSA) is 55.1 Å². The standard InChI is InChI=1S/C15H14BrClN2O/c16-12-7-6-11(17)8-14(12)19-15(20)9-13(18)10-4-2-1-3-5-10/h1-8,13H,9,18H2,(H,19,20). The van der Waals surface area contributed by atoms with E-state index in [9.17, 15) is 4.79 Å². The molecular weight excluding hydrogens is 340 g/mol. The van der Waals surface area contributed by atoms with E-state index in [1.54, 1.807) is 18.2 Å². The molecule has 1 unspecified atom stereocenters. The Hall–Kier alpha value is -1.36. The minimum atomic E-state index is -0.325. The summed E-state index contributed by atoms with van der Waals surface area (Å²) in [5.41, 5.74) is 7.60. The first-order valence-corrected chi connectivity index (χ1v) is 7.29. The Morgan fingerprint density at radius 1 is 1.25 bits per heavy atom. The van der Waals surface area contributed by atoms with Gasteiger partial charge in [-0.2, -0.15) is 0 Å². The van der Waals surface area contributed by atoms with E-state index in [-0.39, 0.29) is 18.4 Å². The molecule has 0 radical (unpaired) electrons. The first-order chi connectivity index (χ1) is 9.56. The fraction of sp³-hybridized carbons (Fsp3) is 0.133. The summed E-state index contributed by atoms with van der Waals surface area (Å²) in [4.78, 5) is 12.0. The highest BCUT2D eigenvalue weighted by molar-refractivity contribution is 9.10. The Bertz CT molecular complexity index is 604. The van der Waals surface area contributed by atoms with Crippen molar-refractivity contribution in [2.75, 3.05) is 5.32 Å². The third kappa shape index (κ3) is 4.07. The summed E-state index contributed by atoms with van der Waals surface area (Å²) in [7, 11) is 0. The van der Waals surface area contributed by atoms with Gasteiger partial charge in [0.25, 0.3) is 0 Å². The van der Waals surface area contributed by atoms with Gasteiger partial charge in [-0.15, -0.1) is 0 Å². The average Bonchev–Trinajstić information content (AvgIpc) is 2.43. The quantitative estimate of drug-likeness (QED) is 0.868. The number of anilines is 1. The number of benzene rings is 2. The van der Waals surface area contributed by atoms with Crippen LogP contribution >= 0.6 is 27.5 Å². The van der Waals surface area contributed by atoms with E-state index in [2.05, 4.69) is 21.2 Å². The molecule has 0 aromatic heterocycles. The Morgan fingerprint density at radius 3 is 2.65 bits per heavy atom. The molecule has 2 aromatic carbocycles. The van der Waals surface area contributed by atoms with Crippen molar-refractivity contribution in [3.8, 4) is 0 Å². The van der Waals surface area contributed by atoms with Gasteiger partial charge < -0.3 is 11.1 Å². The Labute approximate surface area is 131 Å². The Kier molecular flexibility index (Phi) is 5.17. The molecule has 3 N–H and O–H groups in total. The minimum Gasteiger partial charge on any atom is -0.325 e. The normalized spacial score (nSPS) is 11.9. The van der Waals surface area contributed by atoms with Crippen LogP contribution in [0.4, 0.5) is 5.69 Å². The van der Waals surface area contributed by atoms with Crippen molar-refractivity contribution >= 4 is 39.1 Å². The maximum atomic E-state index is 12.0. The van der Waals surface area contributed by atoms with Crippen LogP contribution in [0, 0.1) is 0 Å². The van der Waals surface area contributed by atoms with E-state index in [4.69, 9.17) is 17.3 Å². The van der Waals surface area contributed by atoms with Gasteiger partial charge in [0.05, 0.1) is 5.69 Å².